The lowest BCUT2D eigenvalue weighted by atomic mass is 10.00. The maximum atomic E-state index is 12.9. The molecule has 1 aromatic heterocycles. The highest BCUT2D eigenvalue weighted by Gasteiger charge is 2.26. The Morgan fingerprint density at radius 2 is 1.74 bits per heavy atom. The SMILES string of the molecule is COc1ccc2c(c1)C(CC(=O)NCc1ccco1)=C(C)C2=Cc1cc(OC)c(OCC(=O)O)c(OC)c1. The Morgan fingerprint density at radius 3 is 2.34 bits per heavy atom. The number of methoxy groups -OCH3 is 3. The predicted molar refractivity (Wildman–Crippen MR) is 141 cm³/mol. The van der Waals surface area contributed by atoms with Gasteiger partial charge in [-0.2, -0.15) is 0 Å². The van der Waals surface area contributed by atoms with Crippen molar-refractivity contribution in [3.8, 4) is 23.0 Å². The van der Waals surface area contributed by atoms with E-state index in [1.54, 1.807) is 31.6 Å². The van der Waals surface area contributed by atoms with Crippen molar-refractivity contribution >= 4 is 29.1 Å². The lowest BCUT2D eigenvalue weighted by Crippen LogP contribution is -2.22. The number of fused-ring (bicyclic) bond motifs is 1. The van der Waals surface area contributed by atoms with E-state index >= 15 is 0 Å². The average molecular weight is 520 g/mol. The first-order chi connectivity index (χ1) is 18.3. The number of aliphatic carboxylic acids is 1. The number of carboxylic acid groups (broad SMARTS) is 1. The van der Waals surface area contributed by atoms with E-state index in [9.17, 15) is 9.59 Å². The van der Waals surface area contributed by atoms with Crippen molar-refractivity contribution < 1.29 is 38.1 Å². The number of hydrogen-bond acceptors (Lipinski definition) is 7. The van der Waals surface area contributed by atoms with E-state index in [0.29, 0.717) is 29.6 Å². The molecule has 2 N–H and O–H groups in total. The quantitative estimate of drug-likeness (QED) is 0.371. The zero-order valence-electron chi connectivity index (χ0n) is 21.6. The molecule has 0 aliphatic heterocycles. The number of carbonyl (C=O) groups excluding carboxylic acids is 1. The second-order valence-corrected chi connectivity index (χ2v) is 8.54. The third-order valence-corrected chi connectivity index (χ3v) is 6.21. The van der Waals surface area contributed by atoms with Crippen molar-refractivity contribution in [2.75, 3.05) is 27.9 Å². The summed E-state index contributed by atoms with van der Waals surface area (Å²) in [5.41, 5.74) is 5.40. The summed E-state index contributed by atoms with van der Waals surface area (Å²) in [7, 11) is 4.55. The number of carboxylic acids is 1. The Balaban J connectivity index is 1.71. The maximum absolute atomic E-state index is 12.9. The molecule has 1 amide bonds. The van der Waals surface area contributed by atoms with Gasteiger partial charge in [0.25, 0.3) is 0 Å². The molecule has 2 aromatic carbocycles. The Bertz CT molecular complexity index is 1380. The van der Waals surface area contributed by atoms with Gasteiger partial charge in [0.15, 0.2) is 18.1 Å². The number of allylic oxidation sites excluding steroid dienone is 2. The average Bonchev–Trinajstić information content (AvgIpc) is 3.53. The van der Waals surface area contributed by atoms with E-state index in [1.165, 1.54) is 14.2 Å². The first kappa shape index (κ1) is 26.4. The zero-order valence-corrected chi connectivity index (χ0v) is 21.6. The number of hydrogen-bond donors (Lipinski definition) is 2. The first-order valence-electron chi connectivity index (χ1n) is 11.8. The molecule has 38 heavy (non-hydrogen) atoms. The number of furan rings is 1. The fraction of sp³-hybridized carbons (Fsp3) is 0.241. The monoisotopic (exact) mass is 519 g/mol. The molecule has 3 aromatic rings. The summed E-state index contributed by atoms with van der Waals surface area (Å²) in [5.74, 6) is 1.01. The summed E-state index contributed by atoms with van der Waals surface area (Å²) in [5, 5.41) is 11.9. The van der Waals surface area contributed by atoms with Crippen LogP contribution in [0.2, 0.25) is 0 Å². The van der Waals surface area contributed by atoms with Gasteiger partial charge in [-0.05, 0) is 82.8 Å². The molecular weight excluding hydrogens is 490 g/mol. The summed E-state index contributed by atoms with van der Waals surface area (Å²) in [6, 6.07) is 12.9. The summed E-state index contributed by atoms with van der Waals surface area (Å²) in [6.45, 7) is 1.75. The third-order valence-electron chi connectivity index (χ3n) is 6.21. The topological polar surface area (TPSA) is 116 Å². The number of benzene rings is 2. The molecule has 9 heteroatoms. The van der Waals surface area contributed by atoms with Crippen LogP contribution in [0.3, 0.4) is 0 Å². The largest absolute Gasteiger partial charge is 0.497 e. The fourth-order valence-corrected chi connectivity index (χ4v) is 4.36. The zero-order chi connectivity index (χ0) is 27.2. The highest BCUT2D eigenvalue weighted by Crippen LogP contribution is 2.46. The molecule has 0 atom stereocenters. The van der Waals surface area contributed by atoms with Crippen LogP contribution in [-0.2, 0) is 16.1 Å². The lowest BCUT2D eigenvalue weighted by molar-refractivity contribution is -0.139. The number of nitrogens with one attached hydrogen (secondary N) is 1. The number of rotatable bonds is 11. The van der Waals surface area contributed by atoms with Crippen molar-refractivity contribution in [2.45, 2.75) is 19.9 Å². The van der Waals surface area contributed by atoms with Gasteiger partial charge in [0.2, 0.25) is 11.7 Å². The van der Waals surface area contributed by atoms with Crippen LogP contribution in [0.4, 0.5) is 0 Å². The Morgan fingerprint density at radius 1 is 1.00 bits per heavy atom. The molecule has 0 saturated carbocycles. The van der Waals surface area contributed by atoms with Gasteiger partial charge in [0.1, 0.15) is 11.5 Å². The molecule has 0 saturated heterocycles. The van der Waals surface area contributed by atoms with Crippen LogP contribution in [0, 0.1) is 0 Å². The van der Waals surface area contributed by atoms with Gasteiger partial charge in [-0.1, -0.05) is 6.07 Å². The molecule has 4 rings (SSSR count). The van der Waals surface area contributed by atoms with E-state index in [4.69, 9.17) is 28.5 Å². The van der Waals surface area contributed by atoms with Crippen LogP contribution < -0.4 is 24.3 Å². The van der Waals surface area contributed by atoms with Gasteiger partial charge < -0.3 is 33.8 Å². The molecule has 1 aliphatic rings. The third kappa shape index (κ3) is 5.67. The molecule has 1 aliphatic carbocycles. The van der Waals surface area contributed by atoms with Gasteiger partial charge in [0, 0.05) is 0 Å². The van der Waals surface area contributed by atoms with Crippen molar-refractivity contribution in [3.63, 3.8) is 0 Å². The normalized spacial score (nSPS) is 13.3. The summed E-state index contributed by atoms with van der Waals surface area (Å²) in [6.07, 6.45) is 3.72. The minimum atomic E-state index is -1.11. The van der Waals surface area contributed by atoms with Crippen LogP contribution >= 0.6 is 0 Å². The minimum Gasteiger partial charge on any atom is -0.497 e. The van der Waals surface area contributed by atoms with E-state index in [2.05, 4.69) is 5.32 Å². The van der Waals surface area contributed by atoms with Crippen molar-refractivity contribution in [1.82, 2.24) is 5.32 Å². The predicted octanol–water partition coefficient (Wildman–Crippen LogP) is 4.80. The Hall–Kier alpha value is -4.66. The standard InChI is InChI=1S/C29H29NO8/c1-17-22(10-18-11-25(35-3)29(26(12-18)36-4)38-16-28(32)33)21-8-7-19(34-2)13-24(21)23(17)14-27(31)30-15-20-6-5-9-37-20/h5-13H,14-16H2,1-4H3,(H,30,31)(H,32,33). The molecule has 0 spiro atoms. The molecule has 0 unspecified atom stereocenters. The van der Waals surface area contributed by atoms with Gasteiger partial charge in [0.05, 0.1) is 40.6 Å². The van der Waals surface area contributed by atoms with Crippen molar-refractivity contribution in [3.05, 3.63) is 76.8 Å². The Labute approximate surface area is 220 Å². The van der Waals surface area contributed by atoms with Crippen LogP contribution in [-0.4, -0.2) is 44.9 Å². The van der Waals surface area contributed by atoms with Gasteiger partial charge in [-0.3, -0.25) is 4.79 Å². The second kappa shape index (κ2) is 11.6. The van der Waals surface area contributed by atoms with Crippen LogP contribution in [0.15, 0.2) is 58.7 Å². The fourth-order valence-electron chi connectivity index (χ4n) is 4.36. The summed E-state index contributed by atoms with van der Waals surface area (Å²) < 4.78 is 27.1. The van der Waals surface area contributed by atoms with Gasteiger partial charge in [-0.15, -0.1) is 0 Å². The molecule has 1 heterocycles. The van der Waals surface area contributed by atoms with E-state index in [1.807, 2.05) is 37.3 Å². The maximum Gasteiger partial charge on any atom is 0.341 e. The van der Waals surface area contributed by atoms with E-state index < -0.39 is 12.6 Å². The van der Waals surface area contributed by atoms with Crippen LogP contribution in [0.5, 0.6) is 23.0 Å². The minimum absolute atomic E-state index is 0.131. The van der Waals surface area contributed by atoms with Gasteiger partial charge in [-0.25, -0.2) is 4.79 Å². The van der Waals surface area contributed by atoms with Crippen molar-refractivity contribution in [2.24, 2.45) is 0 Å². The molecule has 198 valence electrons. The number of amides is 1. The molecule has 9 nitrogen and oxygen atoms in total. The van der Waals surface area contributed by atoms with E-state index in [-0.39, 0.29) is 18.1 Å². The number of ether oxygens (including phenoxy) is 4. The van der Waals surface area contributed by atoms with Gasteiger partial charge >= 0.3 is 5.97 Å². The smallest absolute Gasteiger partial charge is 0.341 e. The number of carbonyl (C=O) groups is 2. The molecule has 0 radical (unpaired) electrons. The summed E-state index contributed by atoms with van der Waals surface area (Å²) >= 11 is 0. The van der Waals surface area contributed by atoms with E-state index in [0.717, 1.165) is 33.4 Å². The highest BCUT2D eigenvalue weighted by molar-refractivity contribution is 6.08. The summed E-state index contributed by atoms with van der Waals surface area (Å²) in [4.78, 5) is 23.9. The lowest BCUT2D eigenvalue weighted by Gasteiger charge is -2.15. The molecular formula is C29H29NO8. The van der Waals surface area contributed by atoms with Crippen molar-refractivity contribution in [1.29, 1.82) is 0 Å². The van der Waals surface area contributed by atoms with Crippen LogP contribution in [0.1, 0.15) is 35.8 Å². The Kier molecular flexibility index (Phi) is 8.06. The highest BCUT2D eigenvalue weighted by atomic mass is 16.5. The first-order valence-corrected chi connectivity index (χ1v) is 11.8. The van der Waals surface area contributed by atoms with Crippen LogP contribution in [0.25, 0.3) is 17.2 Å². The molecule has 0 fully saturated rings. The second-order valence-electron chi connectivity index (χ2n) is 8.54. The molecule has 0 bridgehead atoms.